The quantitative estimate of drug-likeness (QED) is 0.486. The summed E-state index contributed by atoms with van der Waals surface area (Å²) in [5.41, 5.74) is 1.70. The van der Waals surface area contributed by atoms with Crippen LogP contribution in [0.3, 0.4) is 0 Å². The number of carboxylic acids is 1. The number of amides is 3. The summed E-state index contributed by atoms with van der Waals surface area (Å²) in [4.78, 5) is 38.1. The first-order chi connectivity index (χ1) is 12.4. The average Bonchev–Trinajstić information content (AvgIpc) is 3.00. The Morgan fingerprint density at radius 3 is 2.58 bits per heavy atom. The molecule has 5 N–H and O–H groups in total. The second kappa shape index (κ2) is 8.89. The third-order valence-corrected chi connectivity index (χ3v) is 3.82. The van der Waals surface area contributed by atoms with Gasteiger partial charge in [-0.1, -0.05) is 32.0 Å². The highest BCUT2D eigenvalue weighted by Gasteiger charge is 2.22. The van der Waals surface area contributed by atoms with Gasteiger partial charge in [0.15, 0.2) is 0 Å². The molecule has 0 spiro atoms. The Hall–Kier alpha value is -3.03. The molecule has 3 amide bonds. The molecule has 1 aromatic carbocycles. The van der Waals surface area contributed by atoms with Crippen LogP contribution >= 0.6 is 0 Å². The maximum atomic E-state index is 11.9. The van der Waals surface area contributed by atoms with Crippen molar-refractivity contribution in [3.05, 3.63) is 36.0 Å². The van der Waals surface area contributed by atoms with Crippen molar-refractivity contribution in [3.8, 4) is 0 Å². The number of hydrogen-bond donors (Lipinski definition) is 5. The molecule has 8 nitrogen and oxygen atoms in total. The van der Waals surface area contributed by atoms with E-state index in [1.165, 1.54) is 0 Å². The largest absolute Gasteiger partial charge is 0.480 e. The fourth-order valence-electron chi connectivity index (χ4n) is 2.47. The number of H-pyrrole nitrogens is 1. The number of para-hydroxylation sites is 1. The lowest BCUT2D eigenvalue weighted by Crippen LogP contribution is -2.49. The summed E-state index contributed by atoms with van der Waals surface area (Å²) in [5.74, 6) is -1.16. The lowest BCUT2D eigenvalue weighted by Gasteiger charge is -2.15. The van der Waals surface area contributed by atoms with Crippen LogP contribution in [0.1, 0.15) is 19.4 Å². The van der Waals surface area contributed by atoms with E-state index in [2.05, 4.69) is 20.9 Å². The van der Waals surface area contributed by atoms with Crippen LogP contribution in [0.2, 0.25) is 0 Å². The first-order valence-corrected chi connectivity index (χ1v) is 8.45. The Labute approximate surface area is 151 Å². The van der Waals surface area contributed by atoms with Crippen LogP contribution in [-0.2, 0) is 16.0 Å². The van der Waals surface area contributed by atoms with Gasteiger partial charge >= 0.3 is 12.0 Å². The number of carbonyl (C=O) groups is 3. The summed E-state index contributed by atoms with van der Waals surface area (Å²) in [6.45, 7) is 4.23. The molecule has 0 fully saturated rings. The molecule has 0 saturated carbocycles. The van der Waals surface area contributed by atoms with Crippen molar-refractivity contribution in [3.63, 3.8) is 0 Å². The first kappa shape index (κ1) is 19.3. The highest BCUT2D eigenvalue weighted by molar-refractivity contribution is 5.88. The van der Waals surface area contributed by atoms with Crippen molar-refractivity contribution in [1.82, 2.24) is 20.9 Å². The van der Waals surface area contributed by atoms with Crippen molar-refractivity contribution in [1.29, 1.82) is 0 Å². The molecule has 0 aliphatic rings. The molecular formula is C18H24N4O4. The lowest BCUT2D eigenvalue weighted by molar-refractivity contribution is -0.139. The van der Waals surface area contributed by atoms with Gasteiger partial charge in [0.25, 0.3) is 0 Å². The molecule has 1 heterocycles. The Morgan fingerprint density at radius 1 is 1.15 bits per heavy atom. The molecule has 1 atom stereocenters. The van der Waals surface area contributed by atoms with Crippen LogP contribution in [0.25, 0.3) is 10.9 Å². The molecule has 8 heteroatoms. The molecule has 0 aliphatic heterocycles. The summed E-state index contributed by atoms with van der Waals surface area (Å²) < 4.78 is 0. The van der Waals surface area contributed by atoms with Crippen LogP contribution in [0, 0.1) is 5.92 Å². The number of benzene rings is 1. The number of carbonyl (C=O) groups excluding carboxylic acids is 2. The van der Waals surface area contributed by atoms with Crippen LogP contribution in [0.4, 0.5) is 4.79 Å². The zero-order valence-electron chi connectivity index (χ0n) is 14.8. The summed E-state index contributed by atoms with van der Waals surface area (Å²) in [6.07, 6.45) is 1.87. The highest BCUT2D eigenvalue weighted by atomic mass is 16.4. The minimum Gasteiger partial charge on any atom is -0.480 e. The fraction of sp³-hybridized carbons (Fsp3) is 0.389. The number of nitrogens with one attached hydrogen (secondary N) is 4. The van der Waals surface area contributed by atoms with Crippen molar-refractivity contribution < 1.29 is 19.5 Å². The SMILES string of the molecule is CC(C)CNC(=O)CNC(=O)NC(Cc1c[nH]c2ccccc12)C(=O)O. The van der Waals surface area contributed by atoms with E-state index in [-0.39, 0.29) is 18.9 Å². The smallest absolute Gasteiger partial charge is 0.326 e. The van der Waals surface area contributed by atoms with Crippen molar-refractivity contribution in [2.75, 3.05) is 13.1 Å². The molecule has 2 rings (SSSR count). The second-order valence-corrected chi connectivity index (χ2v) is 6.48. The monoisotopic (exact) mass is 360 g/mol. The van der Waals surface area contributed by atoms with Gasteiger partial charge in [0.05, 0.1) is 6.54 Å². The minimum absolute atomic E-state index is 0.131. The number of carboxylic acid groups (broad SMARTS) is 1. The van der Waals surface area contributed by atoms with Crippen LogP contribution in [-0.4, -0.2) is 47.1 Å². The molecule has 0 radical (unpaired) electrons. The van der Waals surface area contributed by atoms with Gasteiger partial charge in [0.2, 0.25) is 5.91 Å². The van der Waals surface area contributed by atoms with E-state index in [1.807, 2.05) is 38.1 Å². The summed E-state index contributed by atoms with van der Waals surface area (Å²) in [7, 11) is 0. The zero-order chi connectivity index (χ0) is 19.1. The number of urea groups is 1. The van der Waals surface area contributed by atoms with Gasteiger partial charge in [0, 0.05) is 30.1 Å². The van der Waals surface area contributed by atoms with Crippen LogP contribution in [0.5, 0.6) is 0 Å². The third-order valence-electron chi connectivity index (χ3n) is 3.82. The number of aromatic amines is 1. The molecule has 140 valence electrons. The van der Waals surface area contributed by atoms with Crippen molar-refractivity contribution >= 4 is 28.8 Å². The molecule has 1 unspecified atom stereocenters. The normalized spacial score (nSPS) is 12.0. The number of fused-ring (bicyclic) bond motifs is 1. The standard InChI is InChI=1S/C18H24N4O4/c1-11(2)8-20-16(23)10-21-18(26)22-15(17(24)25)7-12-9-19-14-6-4-3-5-13(12)14/h3-6,9,11,15,19H,7-8,10H2,1-2H3,(H,20,23)(H,24,25)(H2,21,22,26). The Balaban J connectivity index is 1.90. The Kier molecular flexibility index (Phi) is 6.60. The number of aromatic nitrogens is 1. The third kappa shape index (κ3) is 5.51. The van der Waals surface area contributed by atoms with Crippen LogP contribution < -0.4 is 16.0 Å². The fourth-order valence-corrected chi connectivity index (χ4v) is 2.47. The highest BCUT2D eigenvalue weighted by Crippen LogP contribution is 2.19. The molecule has 26 heavy (non-hydrogen) atoms. The number of hydrogen-bond acceptors (Lipinski definition) is 3. The number of aliphatic carboxylic acids is 1. The van der Waals surface area contributed by atoms with Gasteiger partial charge in [-0.2, -0.15) is 0 Å². The van der Waals surface area contributed by atoms with E-state index in [9.17, 15) is 19.5 Å². The predicted molar refractivity (Wildman–Crippen MR) is 97.8 cm³/mol. The average molecular weight is 360 g/mol. The summed E-state index contributed by atoms with van der Waals surface area (Å²) in [5, 5.41) is 17.7. The van der Waals surface area contributed by atoms with Gasteiger partial charge in [-0.25, -0.2) is 9.59 Å². The first-order valence-electron chi connectivity index (χ1n) is 8.45. The van der Waals surface area contributed by atoms with E-state index < -0.39 is 18.0 Å². The van der Waals surface area contributed by atoms with E-state index in [0.29, 0.717) is 12.5 Å². The molecule has 0 bridgehead atoms. The summed E-state index contributed by atoms with van der Waals surface area (Å²) in [6, 6.07) is 5.73. The Morgan fingerprint density at radius 2 is 1.88 bits per heavy atom. The van der Waals surface area contributed by atoms with E-state index >= 15 is 0 Å². The van der Waals surface area contributed by atoms with Crippen molar-refractivity contribution in [2.24, 2.45) is 5.92 Å². The molecule has 2 aromatic rings. The molecule has 0 saturated heterocycles. The van der Waals surface area contributed by atoms with E-state index in [4.69, 9.17) is 0 Å². The predicted octanol–water partition coefficient (Wildman–Crippen LogP) is 1.24. The van der Waals surface area contributed by atoms with Gasteiger partial charge in [0.1, 0.15) is 6.04 Å². The van der Waals surface area contributed by atoms with Gasteiger partial charge in [-0.15, -0.1) is 0 Å². The van der Waals surface area contributed by atoms with Gasteiger partial charge in [-0.3, -0.25) is 4.79 Å². The van der Waals surface area contributed by atoms with Gasteiger partial charge < -0.3 is 26.0 Å². The lowest BCUT2D eigenvalue weighted by atomic mass is 10.1. The van der Waals surface area contributed by atoms with Gasteiger partial charge in [-0.05, 0) is 17.5 Å². The zero-order valence-corrected chi connectivity index (χ0v) is 14.8. The second-order valence-electron chi connectivity index (χ2n) is 6.48. The van der Waals surface area contributed by atoms with Crippen LogP contribution in [0.15, 0.2) is 30.5 Å². The maximum Gasteiger partial charge on any atom is 0.326 e. The minimum atomic E-state index is -1.14. The maximum absolute atomic E-state index is 11.9. The van der Waals surface area contributed by atoms with E-state index in [1.54, 1.807) is 6.20 Å². The van der Waals surface area contributed by atoms with Crippen molar-refractivity contribution in [2.45, 2.75) is 26.3 Å². The molecule has 0 aliphatic carbocycles. The number of rotatable bonds is 8. The Bertz CT molecular complexity index is 784. The topological polar surface area (TPSA) is 123 Å². The van der Waals surface area contributed by atoms with E-state index in [0.717, 1.165) is 16.5 Å². The summed E-state index contributed by atoms with van der Waals surface area (Å²) >= 11 is 0. The molecule has 1 aromatic heterocycles. The molecular weight excluding hydrogens is 336 g/mol.